The Bertz CT molecular complexity index is 1320. The standard InChI is InChI=1S/C27H25ClN4O2/c1-34-22-10-8-21(9-11-22)31-14-16-32(17-15-31)26-23-18-20(7-6-19(23)12-13-29-26)27(33)30-25-5-3-2-4-24(25)28/h2-13,18H,14-17H2,1H3,(H,30,33). The quantitative estimate of drug-likeness (QED) is 0.417. The van der Waals surface area contributed by atoms with Crippen LogP contribution in [0.15, 0.2) is 79.0 Å². The van der Waals surface area contributed by atoms with Crippen molar-refractivity contribution in [1.29, 1.82) is 0 Å². The molecule has 1 amide bonds. The zero-order valence-electron chi connectivity index (χ0n) is 18.9. The van der Waals surface area contributed by atoms with Crippen molar-refractivity contribution < 1.29 is 9.53 Å². The van der Waals surface area contributed by atoms with Crippen LogP contribution in [-0.4, -0.2) is 44.2 Å². The summed E-state index contributed by atoms with van der Waals surface area (Å²) in [5.41, 5.74) is 2.35. The molecule has 2 heterocycles. The minimum atomic E-state index is -0.200. The summed E-state index contributed by atoms with van der Waals surface area (Å²) in [6.07, 6.45) is 1.83. The van der Waals surface area contributed by atoms with E-state index in [1.54, 1.807) is 19.2 Å². The lowest BCUT2D eigenvalue weighted by Gasteiger charge is -2.37. The largest absolute Gasteiger partial charge is 0.497 e. The van der Waals surface area contributed by atoms with Crippen LogP contribution in [0.25, 0.3) is 10.8 Å². The fraction of sp³-hybridized carbons (Fsp3) is 0.185. The van der Waals surface area contributed by atoms with Gasteiger partial charge in [-0.2, -0.15) is 0 Å². The van der Waals surface area contributed by atoms with Gasteiger partial charge in [0.1, 0.15) is 11.6 Å². The van der Waals surface area contributed by atoms with Crippen LogP contribution in [0.2, 0.25) is 5.02 Å². The number of hydrogen-bond acceptors (Lipinski definition) is 5. The molecule has 0 bridgehead atoms. The number of benzene rings is 3. The van der Waals surface area contributed by atoms with E-state index in [0.29, 0.717) is 16.3 Å². The first-order chi connectivity index (χ1) is 16.6. The third-order valence-electron chi connectivity index (χ3n) is 6.15. The van der Waals surface area contributed by atoms with E-state index in [-0.39, 0.29) is 5.91 Å². The van der Waals surface area contributed by atoms with Gasteiger partial charge in [0.05, 0.1) is 17.8 Å². The lowest BCUT2D eigenvalue weighted by atomic mass is 10.1. The predicted molar refractivity (Wildman–Crippen MR) is 139 cm³/mol. The second-order valence-electron chi connectivity index (χ2n) is 8.18. The molecule has 1 saturated heterocycles. The highest BCUT2D eigenvalue weighted by Gasteiger charge is 2.21. The van der Waals surface area contributed by atoms with Crippen molar-refractivity contribution in [3.8, 4) is 5.75 Å². The number of para-hydroxylation sites is 1. The number of pyridine rings is 1. The second kappa shape index (κ2) is 9.61. The number of hydrogen-bond donors (Lipinski definition) is 1. The van der Waals surface area contributed by atoms with Crippen molar-refractivity contribution in [3.63, 3.8) is 0 Å². The molecule has 7 heteroatoms. The van der Waals surface area contributed by atoms with E-state index in [2.05, 4.69) is 32.2 Å². The summed E-state index contributed by atoms with van der Waals surface area (Å²) in [5.74, 6) is 1.56. The van der Waals surface area contributed by atoms with Gasteiger partial charge in [-0.15, -0.1) is 0 Å². The monoisotopic (exact) mass is 472 g/mol. The Labute approximate surface area is 203 Å². The minimum absolute atomic E-state index is 0.200. The molecule has 0 radical (unpaired) electrons. The number of aromatic nitrogens is 1. The molecule has 0 saturated carbocycles. The zero-order valence-corrected chi connectivity index (χ0v) is 19.6. The Morgan fingerprint density at radius 2 is 1.68 bits per heavy atom. The highest BCUT2D eigenvalue weighted by atomic mass is 35.5. The molecule has 1 fully saturated rings. The first-order valence-electron chi connectivity index (χ1n) is 11.2. The lowest BCUT2D eigenvalue weighted by Crippen LogP contribution is -2.46. The molecule has 1 N–H and O–H groups in total. The number of halogens is 1. The van der Waals surface area contributed by atoms with E-state index < -0.39 is 0 Å². The maximum atomic E-state index is 12.9. The smallest absolute Gasteiger partial charge is 0.255 e. The van der Waals surface area contributed by atoms with Crippen LogP contribution in [0.5, 0.6) is 5.75 Å². The van der Waals surface area contributed by atoms with E-state index in [1.807, 2.05) is 54.7 Å². The first kappa shape index (κ1) is 22.0. The Hall–Kier alpha value is -3.77. The van der Waals surface area contributed by atoms with Gasteiger partial charge in [-0.25, -0.2) is 4.98 Å². The van der Waals surface area contributed by atoms with Gasteiger partial charge in [-0.3, -0.25) is 4.79 Å². The van der Waals surface area contributed by atoms with Gasteiger partial charge < -0.3 is 19.9 Å². The third-order valence-corrected chi connectivity index (χ3v) is 6.48. The summed E-state index contributed by atoms with van der Waals surface area (Å²) in [6.45, 7) is 3.45. The summed E-state index contributed by atoms with van der Waals surface area (Å²) in [6, 6.07) is 23.1. The van der Waals surface area contributed by atoms with Crippen LogP contribution in [0, 0.1) is 0 Å². The number of carbonyl (C=O) groups is 1. The summed E-state index contributed by atoms with van der Waals surface area (Å²) in [7, 11) is 1.68. The molecule has 5 rings (SSSR count). The molecular formula is C27H25ClN4O2. The number of ether oxygens (including phenoxy) is 1. The number of rotatable bonds is 5. The summed E-state index contributed by atoms with van der Waals surface area (Å²) in [4.78, 5) is 22.3. The molecule has 6 nitrogen and oxygen atoms in total. The Balaban J connectivity index is 1.35. The topological polar surface area (TPSA) is 57.7 Å². The number of nitrogens with one attached hydrogen (secondary N) is 1. The third kappa shape index (κ3) is 4.50. The van der Waals surface area contributed by atoms with Gasteiger partial charge in [0.25, 0.3) is 5.91 Å². The SMILES string of the molecule is COc1ccc(N2CCN(c3nccc4ccc(C(=O)Nc5ccccc5Cl)cc34)CC2)cc1. The van der Waals surface area contributed by atoms with Crippen molar-refractivity contribution in [2.75, 3.05) is 48.4 Å². The van der Waals surface area contributed by atoms with Crippen molar-refractivity contribution in [3.05, 3.63) is 89.6 Å². The first-order valence-corrected chi connectivity index (χ1v) is 11.6. The van der Waals surface area contributed by atoms with Gasteiger partial charge in [0.2, 0.25) is 0 Å². The summed E-state index contributed by atoms with van der Waals surface area (Å²) >= 11 is 6.21. The predicted octanol–water partition coefficient (Wildman–Crippen LogP) is 5.48. The van der Waals surface area contributed by atoms with Gasteiger partial charge in [-0.1, -0.05) is 29.8 Å². The number of piperazine rings is 1. The number of methoxy groups -OCH3 is 1. The molecule has 0 aliphatic carbocycles. The van der Waals surface area contributed by atoms with E-state index in [1.165, 1.54) is 5.69 Å². The van der Waals surface area contributed by atoms with Crippen LogP contribution in [0.1, 0.15) is 10.4 Å². The lowest BCUT2D eigenvalue weighted by molar-refractivity contribution is 0.102. The highest BCUT2D eigenvalue weighted by molar-refractivity contribution is 6.33. The number of amides is 1. The molecule has 1 aromatic heterocycles. The van der Waals surface area contributed by atoms with E-state index in [9.17, 15) is 4.79 Å². The molecule has 172 valence electrons. The number of carbonyl (C=O) groups excluding carboxylic acids is 1. The van der Waals surface area contributed by atoms with Gasteiger partial charge in [0.15, 0.2) is 0 Å². The Morgan fingerprint density at radius 3 is 2.41 bits per heavy atom. The Morgan fingerprint density at radius 1 is 0.941 bits per heavy atom. The zero-order chi connectivity index (χ0) is 23.5. The average molecular weight is 473 g/mol. The van der Waals surface area contributed by atoms with Gasteiger partial charge in [0, 0.05) is 49.0 Å². The maximum Gasteiger partial charge on any atom is 0.255 e. The van der Waals surface area contributed by atoms with Crippen LogP contribution >= 0.6 is 11.6 Å². The second-order valence-corrected chi connectivity index (χ2v) is 8.58. The van der Waals surface area contributed by atoms with Crippen molar-refractivity contribution in [1.82, 2.24) is 4.98 Å². The molecule has 0 unspecified atom stereocenters. The normalized spacial score (nSPS) is 13.7. The molecule has 3 aromatic carbocycles. The highest BCUT2D eigenvalue weighted by Crippen LogP contribution is 2.29. The number of anilines is 3. The summed E-state index contributed by atoms with van der Waals surface area (Å²) in [5, 5.41) is 5.43. The van der Waals surface area contributed by atoms with Gasteiger partial charge >= 0.3 is 0 Å². The molecule has 4 aromatic rings. The fourth-order valence-corrected chi connectivity index (χ4v) is 4.46. The molecule has 34 heavy (non-hydrogen) atoms. The molecule has 0 spiro atoms. The Kier molecular flexibility index (Phi) is 6.23. The molecule has 0 atom stereocenters. The van der Waals surface area contributed by atoms with Gasteiger partial charge in [-0.05, 0) is 60.0 Å². The molecular weight excluding hydrogens is 448 g/mol. The average Bonchev–Trinajstić information content (AvgIpc) is 2.89. The van der Waals surface area contributed by atoms with E-state index >= 15 is 0 Å². The molecule has 1 aliphatic heterocycles. The van der Waals surface area contributed by atoms with Crippen LogP contribution in [0.3, 0.4) is 0 Å². The molecule has 1 aliphatic rings. The van der Waals surface area contributed by atoms with Crippen molar-refractivity contribution >= 4 is 45.5 Å². The van der Waals surface area contributed by atoms with E-state index in [0.717, 1.165) is 48.5 Å². The van der Waals surface area contributed by atoms with Crippen LogP contribution in [-0.2, 0) is 0 Å². The van der Waals surface area contributed by atoms with E-state index in [4.69, 9.17) is 16.3 Å². The minimum Gasteiger partial charge on any atom is -0.497 e. The van der Waals surface area contributed by atoms with Crippen LogP contribution < -0.4 is 19.9 Å². The number of nitrogens with zero attached hydrogens (tertiary/aromatic N) is 3. The van der Waals surface area contributed by atoms with Crippen molar-refractivity contribution in [2.24, 2.45) is 0 Å². The number of fused-ring (bicyclic) bond motifs is 1. The fourth-order valence-electron chi connectivity index (χ4n) is 4.27. The maximum absolute atomic E-state index is 12.9. The van der Waals surface area contributed by atoms with Crippen LogP contribution in [0.4, 0.5) is 17.2 Å². The summed E-state index contributed by atoms with van der Waals surface area (Å²) < 4.78 is 5.27. The van der Waals surface area contributed by atoms with Crippen molar-refractivity contribution in [2.45, 2.75) is 0 Å².